The minimum atomic E-state index is -1.02. The Morgan fingerprint density at radius 2 is 2.21 bits per heavy atom. The van der Waals surface area contributed by atoms with E-state index in [0.717, 1.165) is 17.5 Å². The fraction of sp³-hybridized carbons (Fsp3) is 0.357. The second-order valence-electron chi connectivity index (χ2n) is 4.82. The summed E-state index contributed by atoms with van der Waals surface area (Å²) in [7, 11) is 0. The lowest BCUT2D eigenvalue weighted by Crippen LogP contribution is -2.35. The largest absolute Gasteiger partial charge is 0.417 e. The predicted octanol–water partition coefficient (Wildman–Crippen LogP) is 1.87. The van der Waals surface area contributed by atoms with Crippen LogP contribution in [0.15, 0.2) is 30.5 Å². The number of aromatic amines is 1. The van der Waals surface area contributed by atoms with Gasteiger partial charge in [0.15, 0.2) is 0 Å². The Morgan fingerprint density at radius 1 is 1.42 bits per heavy atom. The van der Waals surface area contributed by atoms with Gasteiger partial charge < -0.3 is 14.8 Å². The fourth-order valence-electron chi connectivity index (χ4n) is 2.46. The van der Waals surface area contributed by atoms with Crippen molar-refractivity contribution in [2.45, 2.75) is 25.7 Å². The Hall–Kier alpha value is -2.01. The molecule has 2 heterocycles. The Kier molecular flexibility index (Phi) is 2.91. The van der Waals surface area contributed by atoms with E-state index in [1.165, 1.54) is 5.39 Å². The molecule has 1 fully saturated rings. The summed E-state index contributed by atoms with van der Waals surface area (Å²) in [5.74, 6) is 0. The van der Waals surface area contributed by atoms with Crippen molar-refractivity contribution in [3.63, 3.8) is 0 Å². The van der Waals surface area contributed by atoms with E-state index in [0.29, 0.717) is 6.54 Å². The number of benzene rings is 1. The van der Waals surface area contributed by atoms with Gasteiger partial charge >= 0.3 is 6.09 Å². The number of aliphatic hydroxyl groups is 1. The SMILES string of the molecule is CC1C(O)OC(=O)N1CCc1c[nH]c2ccccc12. The quantitative estimate of drug-likeness (QED) is 0.885. The molecule has 1 aromatic heterocycles. The molecule has 0 saturated carbocycles. The number of amides is 1. The summed E-state index contributed by atoms with van der Waals surface area (Å²) in [5, 5.41) is 10.6. The van der Waals surface area contributed by atoms with E-state index in [2.05, 4.69) is 11.1 Å². The molecule has 1 saturated heterocycles. The Labute approximate surface area is 110 Å². The lowest BCUT2D eigenvalue weighted by molar-refractivity contribution is -0.0344. The molecule has 100 valence electrons. The van der Waals surface area contributed by atoms with Crippen molar-refractivity contribution in [1.29, 1.82) is 0 Å². The minimum absolute atomic E-state index is 0.294. The lowest BCUT2D eigenvalue weighted by atomic mass is 10.1. The van der Waals surface area contributed by atoms with Crippen LogP contribution in [-0.4, -0.2) is 40.0 Å². The van der Waals surface area contributed by atoms with Gasteiger partial charge in [-0.1, -0.05) is 18.2 Å². The van der Waals surface area contributed by atoms with Gasteiger partial charge in [-0.2, -0.15) is 0 Å². The zero-order chi connectivity index (χ0) is 13.4. The van der Waals surface area contributed by atoms with Gasteiger partial charge in [0, 0.05) is 23.6 Å². The predicted molar refractivity (Wildman–Crippen MR) is 70.7 cm³/mol. The number of rotatable bonds is 3. The third kappa shape index (κ3) is 2.06. The Balaban J connectivity index is 1.74. The van der Waals surface area contributed by atoms with Crippen LogP contribution in [0.4, 0.5) is 4.79 Å². The maximum atomic E-state index is 11.6. The van der Waals surface area contributed by atoms with Gasteiger partial charge in [-0.15, -0.1) is 0 Å². The molecule has 1 amide bonds. The lowest BCUT2D eigenvalue weighted by Gasteiger charge is -2.18. The smallest absolute Gasteiger partial charge is 0.412 e. The van der Waals surface area contributed by atoms with Crippen LogP contribution in [0.5, 0.6) is 0 Å². The van der Waals surface area contributed by atoms with Crippen LogP contribution in [0, 0.1) is 0 Å². The monoisotopic (exact) mass is 260 g/mol. The summed E-state index contributed by atoms with van der Waals surface area (Å²) in [6.45, 7) is 2.32. The highest BCUT2D eigenvalue weighted by atomic mass is 16.7. The number of carbonyl (C=O) groups is 1. The molecule has 5 heteroatoms. The number of ether oxygens (including phenoxy) is 1. The maximum absolute atomic E-state index is 11.6. The highest BCUT2D eigenvalue weighted by molar-refractivity contribution is 5.83. The average molecular weight is 260 g/mol. The van der Waals surface area contributed by atoms with Crippen molar-refractivity contribution < 1.29 is 14.6 Å². The number of aromatic nitrogens is 1. The van der Waals surface area contributed by atoms with Crippen molar-refractivity contribution in [1.82, 2.24) is 9.88 Å². The highest BCUT2D eigenvalue weighted by Gasteiger charge is 2.37. The molecule has 3 rings (SSSR count). The number of hydrogen-bond donors (Lipinski definition) is 2. The number of carbonyl (C=O) groups excluding carboxylic acids is 1. The van der Waals surface area contributed by atoms with E-state index < -0.39 is 12.4 Å². The zero-order valence-electron chi connectivity index (χ0n) is 10.7. The molecule has 1 aliphatic heterocycles. The van der Waals surface area contributed by atoms with Crippen LogP contribution in [0.2, 0.25) is 0 Å². The third-order valence-corrected chi connectivity index (χ3v) is 3.66. The Morgan fingerprint density at radius 3 is 2.95 bits per heavy atom. The summed E-state index contributed by atoms with van der Waals surface area (Å²) in [5.41, 5.74) is 2.26. The van der Waals surface area contributed by atoms with Crippen molar-refractivity contribution >= 4 is 17.0 Å². The Bertz CT molecular complexity index is 608. The van der Waals surface area contributed by atoms with E-state index in [4.69, 9.17) is 4.74 Å². The molecule has 1 aromatic carbocycles. The van der Waals surface area contributed by atoms with Crippen LogP contribution in [0.25, 0.3) is 10.9 Å². The second-order valence-corrected chi connectivity index (χ2v) is 4.82. The maximum Gasteiger partial charge on any atom is 0.412 e. The third-order valence-electron chi connectivity index (χ3n) is 3.66. The first-order valence-corrected chi connectivity index (χ1v) is 6.37. The van der Waals surface area contributed by atoms with Gasteiger partial charge in [0.05, 0.1) is 6.04 Å². The molecule has 5 nitrogen and oxygen atoms in total. The standard InChI is InChI=1S/C14H16N2O3/c1-9-13(17)19-14(18)16(9)7-6-10-8-15-12-5-3-2-4-11(10)12/h2-5,8-9,13,15,17H,6-7H2,1H3. The first kappa shape index (κ1) is 12.0. The fourth-order valence-corrected chi connectivity index (χ4v) is 2.46. The number of nitrogens with one attached hydrogen (secondary N) is 1. The number of cyclic esters (lactones) is 1. The molecule has 2 atom stereocenters. The summed E-state index contributed by atoms with van der Waals surface area (Å²) in [4.78, 5) is 16.3. The molecule has 0 bridgehead atoms. The number of para-hydroxylation sites is 1. The van der Waals surface area contributed by atoms with E-state index >= 15 is 0 Å². The van der Waals surface area contributed by atoms with Crippen LogP contribution in [0.1, 0.15) is 12.5 Å². The second kappa shape index (κ2) is 4.59. The molecular formula is C14H16N2O3. The van der Waals surface area contributed by atoms with Gasteiger partial charge in [-0.3, -0.25) is 4.90 Å². The van der Waals surface area contributed by atoms with E-state index in [9.17, 15) is 9.90 Å². The summed E-state index contributed by atoms with van der Waals surface area (Å²) in [6.07, 6.45) is 1.24. The van der Waals surface area contributed by atoms with Crippen LogP contribution in [0.3, 0.4) is 0 Å². The van der Waals surface area contributed by atoms with Gasteiger partial charge in [-0.05, 0) is 25.0 Å². The molecule has 0 spiro atoms. The molecule has 0 radical (unpaired) electrons. The van der Waals surface area contributed by atoms with Gasteiger partial charge in [-0.25, -0.2) is 4.79 Å². The van der Waals surface area contributed by atoms with Crippen LogP contribution >= 0.6 is 0 Å². The number of nitrogens with zero attached hydrogens (tertiary/aromatic N) is 1. The minimum Gasteiger partial charge on any atom is -0.417 e. The van der Waals surface area contributed by atoms with Gasteiger partial charge in [0.1, 0.15) is 0 Å². The number of aliphatic hydroxyl groups excluding tert-OH is 1. The molecule has 2 aromatic rings. The first-order chi connectivity index (χ1) is 9.16. The van der Waals surface area contributed by atoms with Crippen LogP contribution < -0.4 is 0 Å². The summed E-state index contributed by atoms with van der Waals surface area (Å²) in [6, 6.07) is 7.77. The normalized spacial score (nSPS) is 23.1. The molecular weight excluding hydrogens is 244 g/mol. The molecule has 0 aliphatic carbocycles. The van der Waals surface area contributed by atoms with Gasteiger partial charge in [0.25, 0.3) is 0 Å². The van der Waals surface area contributed by atoms with Gasteiger partial charge in [0.2, 0.25) is 6.29 Å². The summed E-state index contributed by atoms with van der Waals surface area (Å²) < 4.78 is 4.78. The van der Waals surface area contributed by atoms with Crippen molar-refractivity contribution in [2.75, 3.05) is 6.54 Å². The van der Waals surface area contributed by atoms with Crippen molar-refractivity contribution in [3.8, 4) is 0 Å². The molecule has 2 unspecified atom stereocenters. The van der Waals surface area contributed by atoms with E-state index in [1.54, 1.807) is 11.8 Å². The molecule has 19 heavy (non-hydrogen) atoms. The number of H-pyrrole nitrogens is 1. The highest BCUT2D eigenvalue weighted by Crippen LogP contribution is 2.21. The zero-order valence-corrected chi connectivity index (χ0v) is 10.7. The van der Waals surface area contributed by atoms with Crippen molar-refractivity contribution in [2.24, 2.45) is 0 Å². The van der Waals surface area contributed by atoms with E-state index in [1.807, 2.05) is 24.4 Å². The number of hydrogen-bond acceptors (Lipinski definition) is 3. The number of fused-ring (bicyclic) bond motifs is 1. The molecule has 2 N–H and O–H groups in total. The van der Waals surface area contributed by atoms with Crippen LogP contribution in [-0.2, 0) is 11.2 Å². The summed E-state index contributed by atoms with van der Waals surface area (Å²) >= 11 is 0. The first-order valence-electron chi connectivity index (χ1n) is 6.37. The average Bonchev–Trinajstić information content (AvgIpc) is 2.91. The van der Waals surface area contributed by atoms with E-state index in [-0.39, 0.29) is 6.04 Å². The molecule has 1 aliphatic rings. The topological polar surface area (TPSA) is 65.6 Å². The van der Waals surface area contributed by atoms with Crippen molar-refractivity contribution in [3.05, 3.63) is 36.0 Å².